The van der Waals surface area contributed by atoms with Crippen LogP contribution in [0.1, 0.15) is 5.56 Å². The van der Waals surface area contributed by atoms with Crippen molar-refractivity contribution in [3.63, 3.8) is 0 Å². The number of nitriles is 1. The summed E-state index contributed by atoms with van der Waals surface area (Å²) in [6, 6.07) is 55.3. The number of aromatic nitrogens is 3. The van der Waals surface area contributed by atoms with Gasteiger partial charge in [0.25, 0.3) is 0 Å². The van der Waals surface area contributed by atoms with Gasteiger partial charge in [-0.3, -0.25) is 4.40 Å². The van der Waals surface area contributed by atoms with Crippen LogP contribution < -0.4 is 0 Å². The molecule has 0 saturated carbocycles. The van der Waals surface area contributed by atoms with Gasteiger partial charge in [-0.1, -0.05) is 84.9 Å². The first-order valence-electron chi connectivity index (χ1n) is 17.0. The molecule has 7 aromatic carbocycles. The Balaban J connectivity index is 1.19. The summed E-state index contributed by atoms with van der Waals surface area (Å²) in [6.07, 6.45) is 2.16. The van der Waals surface area contributed by atoms with Gasteiger partial charge in [-0.15, -0.1) is 0 Å². The summed E-state index contributed by atoms with van der Waals surface area (Å²) in [5.41, 5.74) is 11.8. The molecule has 0 N–H and O–H groups in total. The molecule has 51 heavy (non-hydrogen) atoms. The molecule has 0 amide bonds. The highest BCUT2D eigenvalue weighted by atomic mass is 16.3. The maximum atomic E-state index is 9.85. The van der Waals surface area contributed by atoms with Crippen molar-refractivity contribution in [2.24, 2.45) is 0 Å². The fourth-order valence-electron chi connectivity index (χ4n) is 8.15. The Morgan fingerprint density at radius 2 is 1.12 bits per heavy atom. The molecule has 4 aromatic heterocycles. The second-order valence-corrected chi connectivity index (χ2v) is 13.1. The van der Waals surface area contributed by atoms with E-state index in [2.05, 4.69) is 136 Å². The highest BCUT2D eigenvalue weighted by molar-refractivity contribution is 6.22. The van der Waals surface area contributed by atoms with Crippen molar-refractivity contribution >= 4 is 71.2 Å². The van der Waals surface area contributed by atoms with Gasteiger partial charge in [-0.05, 0) is 111 Å². The van der Waals surface area contributed by atoms with Crippen molar-refractivity contribution in [1.82, 2.24) is 14.0 Å². The van der Waals surface area contributed by atoms with Crippen molar-refractivity contribution < 1.29 is 4.42 Å². The van der Waals surface area contributed by atoms with Gasteiger partial charge in [0.05, 0.1) is 22.7 Å². The first kappa shape index (κ1) is 27.8. The second-order valence-electron chi connectivity index (χ2n) is 13.1. The minimum Gasteiger partial charge on any atom is -0.437 e. The molecule has 0 aliphatic carbocycles. The summed E-state index contributed by atoms with van der Waals surface area (Å²) in [7, 11) is 0. The van der Waals surface area contributed by atoms with E-state index in [0.717, 1.165) is 66.5 Å². The van der Waals surface area contributed by atoms with E-state index in [1.54, 1.807) is 0 Å². The third-order valence-corrected chi connectivity index (χ3v) is 10.3. The van der Waals surface area contributed by atoms with Crippen LogP contribution in [0, 0.1) is 11.3 Å². The predicted molar refractivity (Wildman–Crippen MR) is 207 cm³/mol. The normalized spacial score (nSPS) is 11.9. The number of fused-ring (bicyclic) bond motifs is 10. The Morgan fingerprint density at radius 1 is 0.529 bits per heavy atom. The maximum absolute atomic E-state index is 9.85. The zero-order valence-electron chi connectivity index (χ0n) is 27.2. The maximum Gasteiger partial charge on any atom is 0.232 e. The molecule has 0 unspecified atom stereocenters. The largest absolute Gasteiger partial charge is 0.437 e. The third-order valence-electron chi connectivity index (χ3n) is 10.3. The fourth-order valence-corrected chi connectivity index (χ4v) is 8.15. The molecule has 4 heterocycles. The number of benzene rings is 7. The fraction of sp³-hybridized carbons (Fsp3) is 0. The van der Waals surface area contributed by atoms with Crippen molar-refractivity contribution in [1.29, 1.82) is 5.26 Å². The van der Waals surface area contributed by atoms with Crippen LogP contribution in [0.15, 0.2) is 162 Å². The summed E-state index contributed by atoms with van der Waals surface area (Å²) in [5.74, 6) is 0. The molecule has 11 rings (SSSR count). The lowest BCUT2D eigenvalue weighted by molar-refractivity contribution is 0.649. The molecule has 0 saturated heterocycles. The Labute approximate surface area is 291 Å². The Bertz CT molecular complexity index is 3210. The molecule has 0 bridgehead atoms. The van der Waals surface area contributed by atoms with Crippen LogP contribution in [-0.4, -0.2) is 14.0 Å². The average Bonchev–Trinajstić information content (AvgIpc) is 3.84. The summed E-state index contributed by atoms with van der Waals surface area (Å²) in [5, 5.41) is 17.7. The molecule has 11 aromatic rings. The van der Waals surface area contributed by atoms with Gasteiger partial charge in [0, 0.05) is 28.0 Å². The Morgan fingerprint density at radius 3 is 1.82 bits per heavy atom. The molecule has 0 radical (unpaired) electrons. The number of furan rings is 1. The minimum absolute atomic E-state index is 0.648. The van der Waals surface area contributed by atoms with Crippen LogP contribution in [0.2, 0.25) is 0 Å². The lowest BCUT2D eigenvalue weighted by Gasteiger charge is -2.18. The molecule has 5 heteroatoms. The van der Waals surface area contributed by atoms with Crippen LogP contribution in [0.4, 0.5) is 0 Å². The van der Waals surface area contributed by atoms with E-state index in [-0.39, 0.29) is 0 Å². The van der Waals surface area contributed by atoms with Crippen molar-refractivity contribution in [2.75, 3.05) is 0 Å². The van der Waals surface area contributed by atoms with E-state index in [9.17, 15) is 5.26 Å². The monoisotopic (exact) mass is 650 g/mol. The first-order valence-corrected chi connectivity index (χ1v) is 17.0. The number of imidazole rings is 1. The molecule has 0 fully saturated rings. The minimum atomic E-state index is 0.648. The van der Waals surface area contributed by atoms with Crippen molar-refractivity contribution in [3.05, 3.63) is 163 Å². The van der Waals surface area contributed by atoms with E-state index in [1.807, 2.05) is 36.4 Å². The van der Waals surface area contributed by atoms with Gasteiger partial charge in [-0.2, -0.15) is 5.26 Å². The van der Waals surface area contributed by atoms with E-state index in [1.165, 1.54) is 32.7 Å². The number of nitrogens with zero attached hydrogens (tertiary/aromatic N) is 4. The quantitative estimate of drug-likeness (QED) is 0.179. The zero-order chi connectivity index (χ0) is 33.6. The summed E-state index contributed by atoms with van der Waals surface area (Å²) >= 11 is 0. The van der Waals surface area contributed by atoms with Gasteiger partial charge in [0.1, 0.15) is 16.7 Å². The van der Waals surface area contributed by atoms with Gasteiger partial charge < -0.3 is 8.98 Å². The SMILES string of the molecule is N#Cc1ccc2c(c1)c1cc(-c3c4ccccc4c(-c4ccc5nc6c7ccccc7oc6n5c4)c4ccccc34)ccc1n2-c1ccccc1. The smallest absolute Gasteiger partial charge is 0.232 e. The van der Waals surface area contributed by atoms with Gasteiger partial charge in [-0.25, -0.2) is 4.98 Å². The lowest BCUT2D eigenvalue weighted by atomic mass is 9.86. The highest BCUT2D eigenvalue weighted by Crippen LogP contribution is 2.45. The second kappa shape index (κ2) is 10.4. The molecule has 0 spiro atoms. The number of rotatable bonds is 3. The predicted octanol–water partition coefficient (Wildman–Crippen LogP) is 11.8. The number of pyridine rings is 1. The van der Waals surface area contributed by atoms with Crippen LogP contribution in [0.25, 0.3) is 99.1 Å². The molecule has 236 valence electrons. The summed E-state index contributed by atoms with van der Waals surface area (Å²) < 4.78 is 10.7. The molecular formula is C46H26N4O. The standard InChI is InChI=1S/C46H26N4O/c47-26-28-18-21-39-37(24-28)38-25-29(19-22-40(38)50(39)31-10-2-1-3-11-31)43-32-12-4-6-14-34(32)44(35-15-7-5-13-33(35)43)30-20-23-42-48-45-36-16-8-9-17-41(36)51-46(45)49(42)27-30/h1-25,27H. The zero-order valence-corrected chi connectivity index (χ0v) is 27.2. The first-order chi connectivity index (χ1) is 25.2. The van der Waals surface area contributed by atoms with Gasteiger partial charge >= 0.3 is 0 Å². The van der Waals surface area contributed by atoms with Crippen molar-refractivity contribution in [3.8, 4) is 34.0 Å². The lowest BCUT2D eigenvalue weighted by Crippen LogP contribution is -1.94. The van der Waals surface area contributed by atoms with E-state index in [0.29, 0.717) is 5.56 Å². The third kappa shape index (κ3) is 3.93. The average molecular weight is 651 g/mol. The number of hydrogen-bond donors (Lipinski definition) is 0. The van der Waals surface area contributed by atoms with E-state index in [4.69, 9.17) is 9.40 Å². The molecule has 5 nitrogen and oxygen atoms in total. The van der Waals surface area contributed by atoms with E-state index < -0.39 is 0 Å². The molecular weight excluding hydrogens is 625 g/mol. The highest BCUT2D eigenvalue weighted by Gasteiger charge is 2.20. The topological polar surface area (TPSA) is 59.2 Å². The molecule has 0 atom stereocenters. The van der Waals surface area contributed by atoms with Crippen molar-refractivity contribution in [2.45, 2.75) is 0 Å². The van der Waals surface area contributed by atoms with Crippen LogP contribution in [-0.2, 0) is 0 Å². The van der Waals surface area contributed by atoms with E-state index >= 15 is 0 Å². The Hall–Kier alpha value is -7.16. The van der Waals surface area contributed by atoms with Crippen LogP contribution in [0.3, 0.4) is 0 Å². The number of para-hydroxylation sites is 2. The molecule has 0 aliphatic rings. The Kier molecular flexibility index (Phi) is 5.67. The number of hydrogen-bond acceptors (Lipinski definition) is 3. The van der Waals surface area contributed by atoms with Gasteiger partial charge in [0.2, 0.25) is 5.71 Å². The summed E-state index contributed by atoms with van der Waals surface area (Å²) in [4.78, 5) is 4.94. The molecule has 0 aliphatic heterocycles. The van der Waals surface area contributed by atoms with Gasteiger partial charge in [0.15, 0.2) is 0 Å². The van der Waals surface area contributed by atoms with Crippen LogP contribution in [0.5, 0.6) is 0 Å². The summed E-state index contributed by atoms with van der Waals surface area (Å²) in [6.45, 7) is 0. The van der Waals surface area contributed by atoms with Crippen LogP contribution >= 0.6 is 0 Å².